The molecule has 0 aliphatic rings. The molecule has 0 fully saturated rings. The smallest absolute Gasteiger partial charge is 0.347 e. The van der Waals surface area contributed by atoms with Crippen molar-refractivity contribution in [1.82, 2.24) is 30.1 Å². The van der Waals surface area contributed by atoms with E-state index in [0.29, 0.717) is 11.0 Å². The highest BCUT2D eigenvalue weighted by atomic mass is 35.5. The molecule has 2 aromatic rings. The van der Waals surface area contributed by atoms with E-state index in [4.69, 9.17) is 46.0 Å². The normalized spacial score (nSPS) is 12.7. The van der Waals surface area contributed by atoms with Gasteiger partial charge in [0.2, 0.25) is 0 Å². The molecular weight excluding hydrogens is 636 g/mol. The number of carbonyl (C=O) groups is 2. The summed E-state index contributed by atoms with van der Waals surface area (Å²) in [6, 6.07) is 1.51. The Labute approximate surface area is 283 Å². The molecule has 0 spiro atoms. The second-order valence-corrected chi connectivity index (χ2v) is 12.3. The van der Waals surface area contributed by atoms with Crippen LogP contribution in [0.2, 0.25) is 5.15 Å². The number of amides is 4. The third-order valence-corrected chi connectivity index (χ3v) is 6.55. The minimum absolute atomic E-state index is 0.0482. The van der Waals surface area contributed by atoms with Gasteiger partial charge in [0.15, 0.2) is 12.6 Å². The van der Waals surface area contributed by atoms with Crippen LogP contribution in [0.25, 0.3) is 0 Å². The topological polar surface area (TPSA) is 186 Å². The lowest BCUT2D eigenvalue weighted by molar-refractivity contribution is -0.202. The van der Waals surface area contributed by atoms with Gasteiger partial charge in [0, 0.05) is 45.3 Å². The quantitative estimate of drug-likeness (QED) is 0.191. The van der Waals surface area contributed by atoms with E-state index in [0.717, 1.165) is 21.5 Å². The van der Waals surface area contributed by atoms with Crippen LogP contribution < -0.4 is 11.1 Å². The second kappa shape index (κ2) is 20.9. The molecule has 16 nitrogen and oxygen atoms in total. The lowest BCUT2D eigenvalue weighted by Crippen LogP contribution is -2.48. The van der Waals surface area contributed by atoms with Gasteiger partial charge in [0.05, 0.1) is 25.6 Å². The van der Waals surface area contributed by atoms with Gasteiger partial charge in [0.1, 0.15) is 35.7 Å². The number of rotatable bonds is 11. The van der Waals surface area contributed by atoms with Gasteiger partial charge in [-0.25, -0.2) is 29.5 Å². The van der Waals surface area contributed by atoms with Gasteiger partial charge in [-0.1, -0.05) is 53.1 Å². The number of nitrogens with two attached hydrogens (primary N) is 1. The van der Waals surface area contributed by atoms with E-state index >= 15 is 0 Å². The van der Waals surface area contributed by atoms with E-state index < -0.39 is 36.7 Å². The maximum Gasteiger partial charge on any atom is 0.347 e. The summed E-state index contributed by atoms with van der Waals surface area (Å²) in [6.45, 7) is 15.8. The largest absolute Gasteiger partial charge is 0.354 e. The van der Waals surface area contributed by atoms with Crippen LogP contribution >= 0.6 is 11.6 Å². The van der Waals surface area contributed by atoms with Crippen LogP contribution in [0.15, 0.2) is 24.8 Å². The number of hydrogen-bond acceptors (Lipinski definition) is 12. The zero-order valence-corrected chi connectivity index (χ0v) is 30.8. The SMILES string of the molecule is CC(C)(C)c1cc(Cl)ncn1.COC(OC)C(C)N(OC)C(=O)Nc1cc(C(C)(C)C)ncn1.COC(OC)C(C)N(OC)C(N)=O. The van der Waals surface area contributed by atoms with Crippen molar-refractivity contribution < 1.29 is 38.2 Å². The standard InChI is InChI=1S/C15H26N4O4.C8H11ClN2.C7H16N2O4/c1-10(13(21-5)22-6)19(23-7)14(20)18-12-8-11(15(2,3)4)16-9-17-12;1-8(2,3)6-4-7(9)11-5-10-6;1-5(6(11-2)12-3)9(13-4)7(8)10/h8-10,13H,1-7H3,(H,16,17,18,20);4-5H,1-3H3;5-6H,1-4H3,(H2,8,10). The van der Waals surface area contributed by atoms with Crippen molar-refractivity contribution in [2.45, 2.75) is 90.9 Å². The summed E-state index contributed by atoms with van der Waals surface area (Å²) >= 11 is 5.70. The molecule has 2 heterocycles. The zero-order chi connectivity index (χ0) is 36.5. The van der Waals surface area contributed by atoms with Crippen molar-refractivity contribution in [3.05, 3.63) is 41.3 Å². The first kappa shape index (κ1) is 43.8. The molecule has 268 valence electrons. The Morgan fingerprint density at radius 1 is 0.723 bits per heavy atom. The van der Waals surface area contributed by atoms with Crippen molar-refractivity contribution >= 4 is 29.5 Å². The number of nitrogens with zero attached hydrogens (tertiary/aromatic N) is 6. The average Bonchev–Trinajstić information content (AvgIpc) is 2.99. The molecule has 0 aliphatic carbocycles. The summed E-state index contributed by atoms with van der Waals surface area (Å²) in [5.74, 6) is 0.399. The number of methoxy groups -OCH3 is 4. The molecule has 0 aromatic carbocycles. The number of urea groups is 2. The lowest BCUT2D eigenvalue weighted by atomic mass is 9.92. The van der Waals surface area contributed by atoms with Crippen LogP contribution in [0.3, 0.4) is 0 Å². The van der Waals surface area contributed by atoms with Gasteiger partial charge in [-0.15, -0.1) is 0 Å². The Hall–Kier alpha value is -3.25. The minimum atomic E-state index is -0.686. The highest BCUT2D eigenvalue weighted by molar-refractivity contribution is 6.29. The van der Waals surface area contributed by atoms with E-state index in [9.17, 15) is 9.59 Å². The fourth-order valence-corrected chi connectivity index (χ4v) is 3.98. The molecule has 4 amide bonds. The molecule has 17 heteroatoms. The van der Waals surface area contributed by atoms with E-state index in [-0.39, 0.29) is 10.8 Å². The van der Waals surface area contributed by atoms with E-state index in [2.05, 4.69) is 46.0 Å². The molecule has 0 saturated heterocycles. The maximum absolute atomic E-state index is 12.4. The summed E-state index contributed by atoms with van der Waals surface area (Å²) < 4.78 is 20.2. The van der Waals surface area contributed by atoms with Crippen molar-refractivity contribution in [3.63, 3.8) is 0 Å². The Balaban J connectivity index is 0.000000744. The first-order valence-electron chi connectivity index (χ1n) is 14.5. The molecule has 2 unspecified atom stereocenters. The molecule has 0 bridgehead atoms. The summed E-state index contributed by atoms with van der Waals surface area (Å²) in [6.07, 6.45) is 1.73. The van der Waals surface area contributed by atoms with Gasteiger partial charge in [0.25, 0.3) is 0 Å². The molecule has 0 saturated carbocycles. The third-order valence-electron chi connectivity index (χ3n) is 6.34. The predicted molar refractivity (Wildman–Crippen MR) is 177 cm³/mol. The van der Waals surface area contributed by atoms with Gasteiger partial charge >= 0.3 is 12.1 Å². The number of nitrogens with one attached hydrogen (secondary N) is 1. The van der Waals surface area contributed by atoms with E-state index in [1.165, 1.54) is 55.3 Å². The van der Waals surface area contributed by atoms with Crippen LogP contribution in [0.1, 0.15) is 66.8 Å². The van der Waals surface area contributed by atoms with Gasteiger partial charge < -0.3 is 24.7 Å². The highest BCUT2D eigenvalue weighted by Crippen LogP contribution is 2.22. The zero-order valence-electron chi connectivity index (χ0n) is 30.0. The van der Waals surface area contributed by atoms with Crippen LogP contribution in [-0.4, -0.2) is 109 Å². The van der Waals surface area contributed by atoms with Crippen molar-refractivity contribution in [1.29, 1.82) is 0 Å². The molecule has 3 N–H and O–H groups in total. The molecule has 0 aliphatic heterocycles. The number of aromatic nitrogens is 4. The van der Waals surface area contributed by atoms with Gasteiger partial charge in [-0.2, -0.15) is 10.1 Å². The molecule has 0 radical (unpaired) electrons. The first-order valence-corrected chi connectivity index (χ1v) is 14.9. The third kappa shape index (κ3) is 15.0. The first-order chi connectivity index (χ1) is 21.8. The number of primary amides is 1. The maximum atomic E-state index is 12.4. The van der Waals surface area contributed by atoms with E-state index in [1.807, 2.05) is 20.8 Å². The number of carbonyl (C=O) groups excluding carboxylic acids is 2. The summed E-state index contributed by atoms with van der Waals surface area (Å²) in [7, 11) is 8.69. The number of anilines is 1. The summed E-state index contributed by atoms with van der Waals surface area (Å²) in [5.41, 5.74) is 6.74. The minimum Gasteiger partial charge on any atom is -0.354 e. The van der Waals surface area contributed by atoms with Crippen LogP contribution in [0.4, 0.5) is 15.4 Å². The Bertz CT molecular complexity index is 1210. The molecular formula is C30H53ClN8O8. The summed E-state index contributed by atoms with van der Waals surface area (Å²) in [4.78, 5) is 49.3. The average molecular weight is 689 g/mol. The molecule has 47 heavy (non-hydrogen) atoms. The fraction of sp³-hybridized carbons (Fsp3) is 0.667. The summed E-state index contributed by atoms with van der Waals surface area (Å²) in [5, 5.41) is 5.31. The Kier molecular flexibility index (Phi) is 19.4. The lowest BCUT2D eigenvalue weighted by Gasteiger charge is -2.30. The van der Waals surface area contributed by atoms with Crippen LogP contribution in [0, 0.1) is 0 Å². The number of halogens is 1. The number of ether oxygens (including phenoxy) is 4. The number of hydrogen-bond donors (Lipinski definition) is 2. The predicted octanol–water partition coefficient (Wildman–Crippen LogP) is 4.54. The van der Waals surface area contributed by atoms with Crippen LogP contribution in [0.5, 0.6) is 0 Å². The Morgan fingerprint density at radius 3 is 1.47 bits per heavy atom. The van der Waals surface area contributed by atoms with E-state index in [1.54, 1.807) is 26.0 Å². The number of hydroxylamine groups is 4. The molecule has 2 aromatic heterocycles. The van der Waals surface area contributed by atoms with Crippen LogP contribution in [-0.2, 0) is 39.5 Å². The van der Waals surface area contributed by atoms with Crippen molar-refractivity contribution in [3.8, 4) is 0 Å². The van der Waals surface area contributed by atoms with Gasteiger partial charge in [-0.05, 0) is 19.9 Å². The van der Waals surface area contributed by atoms with Gasteiger partial charge in [-0.3, -0.25) is 15.0 Å². The highest BCUT2D eigenvalue weighted by Gasteiger charge is 2.29. The van der Waals surface area contributed by atoms with Crippen molar-refractivity contribution in [2.75, 3.05) is 48.0 Å². The second-order valence-electron chi connectivity index (χ2n) is 12.0. The fourth-order valence-electron chi connectivity index (χ4n) is 3.84. The molecule has 2 rings (SSSR count). The van der Waals surface area contributed by atoms with Crippen molar-refractivity contribution in [2.24, 2.45) is 5.73 Å². The Morgan fingerprint density at radius 2 is 1.13 bits per heavy atom. The monoisotopic (exact) mass is 688 g/mol. The molecule has 2 atom stereocenters.